The molecule has 0 bridgehead atoms. The van der Waals surface area contributed by atoms with E-state index in [1.54, 1.807) is 19.2 Å². The zero-order valence-corrected chi connectivity index (χ0v) is 23.2. The Hall–Kier alpha value is -4.42. The number of nitrogens with zero attached hydrogens (tertiary/aromatic N) is 5. The van der Waals surface area contributed by atoms with Gasteiger partial charge in [-0.05, 0) is 74.1 Å². The number of rotatable bonds is 7. The van der Waals surface area contributed by atoms with Crippen LogP contribution in [0.1, 0.15) is 64.6 Å². The molecule has 0 amide bonds. The fourth-order valence-electron chi connectivity index (χ4n) is 5.28. The number of piperidine rings is 1. The van der Waals surface area contributed by atoms with Gasteiger partial charge in [0.25, 0.3) is 0 Å². The van der Waals surface area contributed by atoms with Crippen LogP contribution in [0.25, 0.3) is 11.0 Å². The molecule has 1 aliphatic heterocycles. The number of pyridine rings is 1. The number of methoxy groups -OCH3 is 1. The molecule has 0 saturated carbocycles. The van der Waals surface area contributed by atoms with E-state index in [2.05, 4.69) is 33.4 Å². The first-order valence-electron chi connectivity index (χ1n) is 13.0. The number of halogens is 1. The molecule has 0 radical (unpaired) electrons. The molecule has 204 valence electrons. The van der Waals surface area contributed by atoms with Crippen molar-refractivity contribution in [3.8, 4) is 11.8 Å². The van der Waals surface area contributed by atoms with Crippen molar-refractivity contribution in [2.75, 3.05) is 30.4 Å². The summed E-state index contributed by atoms with van der Waals surface area (Å²) in [5.74, 6) is 0.650. The summed E-state index contributed by atoms with van der Waals surface area (Å²) in [7, 11) is 1.66. The van der Waals surface area contributed by atoms with Crippen molar-refractivity contribution in [1.29, 1.82) is 5.26 Å². The van der Waals surface area contributed by atoms with Crippen molar-refractivity contribution in [3.05, 3.63) is 81.8 Å². The number of aryl methyl sites for hydroxylation is 1. The number of carboxylic acids is 1. The molecule has 2 aromatic carbocycles. The minimum Gasteiger partial charge on any atom is -0.497 e. The van der Waals surface area contributed by atoms with Crippen molar-refractivity contribution in [3.63, 3.8) is 0 Å². The molecule has 1 fully saturated rings. The highest BCUT2D eigenvalue weighted by atomic mass is 35.5. The van der Waals surface area contributed by atoms with Gasteiger partial charge in [0.15, 0.2) is 17.2 Å². The second-order valence-electron chi connectivity index (χ2n) is 9.97. The second kappa shape index (κ2) is 11.4. The summed E-state index contributed by atoms with van der Waals surface area (Å²) >= 11 is 5.93. The Kier molecular flexibility index (Phi) is 7.71. The van der Waals surface area contributed by atoms with Crippen molar-refractivity contribution in [2.45, 2.75) is 38.6 Å². The third-order valence-corrected chi connectivity index (χ3v) is 7.53. The lowest BCUT2D eigenvalue weighted by Crippen LogP contribution is -2.34. The quantitative estimate of drug-likeness (QED) is 0.259. The zero-order valence-electron chi connectivity index (χ0n) is 22.5. The third-order valence-electron chi connectivity index (χ3n) is 7.32. The van der Waals surface area contributed by atoms with Crippen molar-refractivity contribution in [1.82, 2.24) is 15.0 Å². The summed E-state index contributed by atoms with van der Waals surface area (Å²) in [5.41, 5.74) is 4.84. The normalized spacial score (nSPS) is 14.5. The number of carbonyl (C=O) groups is 1. The van der Waals surface area contributed by atoms with Crippen LogP contribution < -0.4 is 15.0 Å². The van der Waals surface area contributed by atoms with E-state index in [1.165, 1.54) is 5.56 Å². The van der Waals surface area contributed by atoms with Gasteiger partial charge in [0, 0.05) is 18.7 Å². The molecule has 4 aromatic rings. The van der Waals surface area contributed by atoms with Crippen LogP contribution in [0.4, 0.5) is 11.5 Å². The van der Waals surface area contributed by atoms with Gasteiger partial charge in [-0.1, -0.05) is 29.8 Å². The molecule has 3 heterocycles. The van der Waals surface area contributed by atoms with E-state index in [1.807, 2.05) is 38.1 Å². The van der Waals surface area contributed by atoms with Crippen molar-refractivity contribution < 1.29 is 14.6 Å². The van der Waals surface area contributed by atoms with Gasteiger partial charge in [-0.25, -0.2) is 19.7 Å². The molecule has 5 rings (SSSR count). The van der Waals surface area contributed by atoms with Gasteiger partial charge in [0.2, 0.25) is 0 Å². The van der Waals surface area contributed by atoms with Gasteiger partial charge < -0.3 is 20.1 Å². The lowest BCUT2D eigenvalue weighted by atomic mass is 9.89. The molecule has 1 saturated heterocycles. The summed E-state index contributed by atoms with van der Waals surface area (Å²) < 4.78 is 5.29. The van der Waals surface area contributed by atoms with Gasteiger partial charge in [-0.15, -0.1) is 0 Å². The number of fused-ring (bicyclic) bond motifs is 1. The van der Waals surface area contributed by atoms with Crippen LogP contribution in [0.2, 0.25) is 5.15 Å². The number of anilines is 2. The Morgan fingerprint density at radius 2 is 1.88 bits per heavy atom. The maximum atomic E-state index is 11.8. The molecule has 1 atom stereocenters. The summed E-state index contributed by atoms with van der Waals surface area (Å²) in [6.45, 7) is 5.38. The predicted octanol–water partition coefficient (Wildman–Crippen LogP) is 6.12. The van der Waals surface area contributed by atoms with Gasteiger partial charge in [-0.3, -0.25) is 0 Å². The Morgan fingerprint density at radius 1 is 1.15 bits per heavy atom. The van der Waals surface area contributed by atoms with Gasteiger partial charge in [0.1, 0.15) is 17.0 Å². The molecule has 0 unspecified atom stereocenters. The lowest BCUT2D eigenvalue weighted by Gasteiger charge is -2.33. The molecule has 1 aliphatic rings. The standard InChI is InChI=1S/C30H29ClN6O3/c1-17-14-22(18(2)33-23-8-9-26(31)35-28(23)30(38)39)27-24(15-17)34-25(16-32)29(36-27)37-12-10-20(11-13-37)19-4-6-21(40-3)7-5-19/h4-9,14-15,18,20,33H,10-13H2,1-3H3,(H,38,39)/t18-/m1/s1. The number of ether oxygens (including phenoxy) is 1. The molecular formula is C30H29ClN6O3. The number of aromatic carboxylic acids is 1. The molecule has 0 spiro atoms. The average Bonchev–Trinajstić information content (AvgIpc) is 2.97. The first-order valence-corrected chi connectivity index (χ1v) is 13.4. The summed E-state index contributed by atoms with van der Waals surface area (Å²) in [6.07, 6.45) is 1.86. The highest BCUT2D eigenvalue weighted by Gasteiger charge is 2.26. The zero-order chi connectivity index (χ0) is 28.4. The Labute approximate surface area is 237 Å². The predicted molar refractivity (Wildman–Crippen MR) is 154 cm³/mol. The number of aromatic nitrogens is 3. The maximum Gasteiger partial charge on any atom is 0.356 e. The Balaban J connectivity index is 1.45. The number of hydrogen-bond donors (Lipinski definition) is 2. The molecular weight excluding hydrogens is 528 g/mol. The average molecular weight is 557 g/mol. The SMILES string of the molecule is COc1ccc(C2CCN(c3nc4c([C@@H](C)Nc5ccc(Cl)nc5C(=O)O)cc(C)cc4nc3C#N)CC2)cc1. The van der Waals surface area contributed by atoms with Crippen molar-refractivity contribution >= 4 is 40.1 Å². The first-order chi connectivity index (χ1) is 19.3. The van der Waals surface area contributed by atoms with E-state index < -0.39 is 5.97 Å². The number of nitrogens with one attached hydrogen (secondary N) is 1. The van der Waals surface area contributed by atoms with E-state index in [0.29, 0.717) is 34.2 Å². The summed E-state index contributed by atoms with van der Waals surface area (Å²) in [4.78, 5) is 27.6. The minimum atomic E-state index is -1.18. The highest BCUT2D eigenvalue weighted by molar-refractivity contribution is 6.29. The van der Waals surface area contributed by atoms with Crippen LogP contribution in [-0.2, 0) is 0 Å². The second-order valence-corrected chi connectivity index (χ2v) is 10.4. The van der Waals surface area contributed by atoms with Crippen molar-refractivity contribution in [2.24, 2.45) is 0 Å². The summed E-state index contributed by atoms with van der Waals surface area (Å²) in [6, 6.07) is 17.2. The van der Waals surface area contributed by atoms with Gasteiger partial charge >= 0.3 is 5.97 Å². The molecule has 2 N–H and O–H groups in total. The van der Waals surface area contributed by atoms with E-state index in [-0.39, 0.29) is 16.9 Å². The number of carboxylic acid groups (broad SMARTS) is 1. The van der Waals surface area contributed by atoms with E-state index in [4.69, 9.17) is 26.3 Å². The number of nitriles is 1. The van der Waals surface area contributed by atoms with E-state index in [9.17, 15) is 15.2 Å². The largest absolute Gasteiger partial charge is 0.497 e. The molecule has 0 aliphatic carbocycles. The number of hydrogen-bond acceptors (Lipinski definition) is 8. The van der Waals surface area contributed by atoms with Crippen LogP contribution in [0.15, 0.2) is 48.5 Å². The Bertz CT molecular complexity index is 1610. The van der Waals surface area contributed by atoms with Crippen LogP contribution in [0.3, 0.4) is 0 Å². The molecule has 2 aromatic heterocycles. The first kappa shape index (κ1) is 27.2. The summed E-state index contributed by atoms with van der Waals surface area (Å²) in [5, 5.41) is 22.9. The fourth-order valence-corrected chi connectivity index (χ4v) is 5.42. The highest BCUT2D eigenvalue weighted by Crippen LogP contribution is 2.34. The Morgan fingerprint density at radius 3 is 2.52 bits per heavy atom. The third kappa shape index (κ3) is 5.49. The molecule has 10 heteroatoms. The fraction of sp³-hybridized carbons (Fsp3) is 0.300. The van der Waals surface area contributed by atoms with Gasteiger partial charge in [0.05, 0.1) is 29.9 Å². The smallest absolute Gasteiger partial charge is 0.356 e. The minimum absolute atomic E-state index is 0.104. The maximum absolute atomic E-state index is 11.8. The molecule has 40 heavy (non-hydrogen) atoms. The molecule has 9 nitrogen and oxygen atoms in total. The van der Waals surface area contributed by atoms with Crippen LogP contribution in [-0.4, -0.2) is 46.2 Å². The van der Waals surface area contributed by atoms with E-state index in [0.717, 1.165) is 42.8 Å². The van der Waals surface area contributed by atoms with Gasteiger partial charge in [-0.2, -0.15) is 5.26 Å². The number of benzene rings is 2. The van der Waals surface area contributed by atoms with E-state index >= 15 is 0 Å². The van der Waals surface area contributed by atoms with Crippen LogP contribution in [0, 0.1) is 18.3 Å². The monoisotopic (exact) mass is 556 g/mol. The lowest BCUT2D eigenvalue weighted by molar-refractivity contribution is 0.0691. The van der Waals surface area contributed by atoms with Crippen LogP contribution in [0.5, 0.6) is 5.75 Å². The van der Waals surface area contributed by atoms with Crippen LogP contribution >= 0.6 is 11.6 Å². The topological polar surface area (TPSA) is 124 Å².